The van der Waals surface area contributed by atoms with Gasteiger partial charge in [0.05, 0.1) is 11.0 Å². The highest BCUT2D eigenvalue weighted by Crippen LogP contribution is 2.43. The Morgan fingerprint density at radius 2 is 1.18 bits per heavy atom. The van der Waals surface area contributed by atoms with Gasteiger partial charge in [-0.15, -0.1) is 0 Å². The maximum absolute atomic E-state index is 6.81. The molecule has 6 aromatic carbocycles. The summed E-state index contributed by atoms with van der Waals surface area (Å²) in [5, 5.41) is 4.26. The topological polar surface area (TPSA) is 69.6 Å². The lowest BCUT2D eigenvalue weighted by Gasteiger charge is -2.10. The Hall–Kier alpha value is -6.92. The van der Waals surface area contributed by atoms with Crippen molar-refractivity contribution in [2.24, 2.45) is 0 Å². The van der Waals surface area contributed by atoms with Gasteiger partial charge in [-0.05, 0) is 59.7 Å². The van der Waals surface area contributed by atoms with Crippen molar-refractivity contribution in [3.05, 3.63) is 164 Å². The number of hydrogen-bond donors (Lipinski definition) is 0. The van der Waals surface area contributed by atoms with Crippen molar-refractivity contribution in [2.45, 2.75) is 0 Å². The van der Waals surface area contributed by atoms with E-state index in [1.807, 2.05) is 66.7 Å². The van der Waals surface area contributed by atoms with Gasteiger partial charge in [0.1, 0.15) is 11.3 Å². The highest BCUT2D eigenvalue weighted by molar-refractivity contribution is 6.23. The van der Waals surface area contributed by atoms with Gasteiger partial charge in [-0.2, -0.15) is 0 Å². The average molecular weight is 642 g/mol. The molecule has 0 aliphatic heterocycles. The average Bonchev–Trinajstić information content (AvgIpc) is 3.75. The molecule has 0 radical (unpaired) electrons. The molecule has 0 aliphatic carbocycles. The second-order valence-corrected chi connectivity index (χ2v) is 12.3. The van der Waals surface area contributed by atoms with Crippen LogP contribution < -0.4 is 0 Å². The van der Waals surface area contributed by atoms with E-state index >= 15 is 0 Å². The second kappa shape index (κ2) is 11.4. The maximum Gasteiger partial charge on any atom is 0.182 e. The Morgan fingerprint density at radius 1 is 0.480 bits per heavy atom. The molecule has 4 heterocycles. The van der Waals surface area contributed by atoms with Gasteiger partial charge in [-0.25, -0.2) is 15.0 Å². The summed E-state index contributed by atoms with van der Waals surface area (Å²) in [6.45, 7) is 0. The summed E-state index contributed by atoms with van der Waals surface area (Å²) in [4.78, 5) is 19.8. The lowest BCUT2D eigenvalue weighted by molar-refractivity contribution is 0.671. The minimum Gasteiger partial charge on any atom is -0.454 e. The summed E-state index contributed by atoms with van der Waals surface area (Å²) in [6.07, 6.45) is 1.76. The van der Waals surface area contributed by atoms with E-state index in [0.29, 0.717) is 23.2 Å². The summed E-state index contributed by atoms with van der Waals surface area (Å²) in [6, 6.07) is 53.9. The predicted molar refractivity (Wildman–Crippen MR) is 201 cm³/mol. The molecule has 0 amide bonds. The van der Waals surface area contributed by atoms with E-state index in [2.05, 4.69) is 101 Å². The van der Waals surface area contributed by atoms with Crippen LogP contribution in [0.15, 0.2) is 168 Å². The van der Waals surface area contributed by atoms with Gasteiger partial charge in [-0.1, -0.05) is 109 Å². The molecule has 6 heteroatoms. The number of pyridine rings is 1. The van der Waals surface area contributed by atoms with E-state index in [0.717, 1.165) is 66.3 Å². The fraction of sp³-hybridized carbons (Fsp3) is 0. The zero-order chi connectivity index (χ0) is 33.0. The number of fused-ring (bicyclic) bond motifs is 7. The third-order valence-corrected chi connectivity index (χ3v) is 9.31. The Balaban J connectivity index is 1.24. The van der Waals surface area contributed by atoms with Crippen LogP contribution in [-0.2, 0) is 0 Å². The first-order chi connectivity index (χ1) is 24.8. The van der Waals surface area contributed by atoms with Gasteiger partial charge in [0.25, 0.3) is 0 Å². The van der Waals surface area contributed by atoms with Crippen LogP contribution >= 0.6 is 0 Å². The molecule has 234 valence electrons. The molecule has 0 aliphatic rings. The summed E-state index contributed by atoms with van der Waals surface area (Å²) in [5.74, 6) is 1.63. The van der Waals surface area contributed by atoms with E-state index < -0.39 is 0 Å². The number of furan rings is 1. The third kappa shape index (κ3) is 4.50. The van der Waals surface area contributed by atoms with E-state index in [4.69, 9.17) is 19.4 Å². The smallest absolute Gasteiger partial charge is 0.182 e. The number of nitrogens with zero attached hydrogens (tertiary/aromatic N) is 5. The van der Waals surface area contributed by atoms with Crippen molar-refractivity contribution in [1.82, 2.24) is 24.5 Å². The van der Waals surface area contributed by atoms with Crippen molar-refractivity contribution in [3.8, 4) is 51.1 Å². The third-order valence-electron chi connectivity index (χ3n) is 9.31. The van der Waals surface area contributed by atoms with Crippen molar-refractivity contribution in [3.63, 3.8) is 0 Å². The molecule has 10 aromatic rings. The Bertz CT molecular complexity index is 2860. The van der Waals surface area contributed by atoms with Crippen molar-refractivity contribution >= 4 is 43.7 Å². The summed E-state index contributed by atoms with van der Waals surface area (Å²) in [7, 11) is 0. The standard InChI is InChI=1S/C44H27N5O/c1-3-13-28(14-4-1)29-15-11-16-30(27-29)42-46-43(48-44(47-42)36-21-9-10-26-45-36)35-20-12-23-38-39(35)34-25-24-33-32-19-7-8-22-37(32)49(40(33)41(34)50-38)31-17-5-2-6-18-31/h1-27H. The normalized spacial score (nSPS) is 11.6. The molecule has 0 spiro atoms. The van der Waals surface area contributed by atoms with Crippen LogP contribution in [0, 0.1) is 0 Å². The molecule has 10 rings (SSSR count). The number of hydrogen-bond acceptors (Lipinski definition) is 5. The Morgan fingerprint density at radius 3 is 2.04 bits per heavy atom. The molecule has 4 aromatic heterocycles. The number of rotatable bonds is 5. The van der Waals surface area contributed by atoms with Crippen LogP contribution in [0.5, 0.6) is 0 Å². The second-order valence-electron chi connectivity index (χ2n) is 12.3. The molecule has 0 saturated heterocycles. The van der Waals surface area contributed by atoms with E-state index in [1.54, 1.807) is 6.20 Å². The van der Waals surface area contributed by atoms with Crippen molar-refractivity contribution in [1.29, 1.82) is 0 Å². The van der Waals surface area contributed by atoms with Gasteiger partial charge in [0.2, 0.25) is 0 Å². The predicted octanol–water partition coefficient (Wildman–Crippen LogP) is 10.9. The number of aromatic nitrogens is 5. The fourth-order valence-corrected chi connectivity index (χ4v) is 7.07. The van der Waals surface area contributed by atoms with Gasteiger partial charge >= 0.3 is 0 Å². The Kier molecular flexibility index (Phi) is 6.39. The van der Waals surface area contributed by atoms with Gasteiger partial charge in [0, 0.05) is 44.6 Å². The summed E-state index contributed by atoms with van der Waals surface area (Å²) in [5.41, 5.74) is 9.46. The van der Waals surface area contributed by atoms with E-state index in [-0.39, 0.29) is 0 Å². The quantitative estimate of drug-likeness (QED) is 0.187. The van der Waals surface area contributed by atoms with E-state index in [1.165, 1.54) is 5.39 Å². The van der Waals surface area contributed by atoms with Gasteiger partial charge in [-0.3, -0.25) is 4.98 Å². The number of para-hydroxylation sites is 2. The molecule has 0 atom stereocenters. The number of benzene rings is 6. The lowest BCUT2D eigenvalue weighted by Crippen LogP contribution is -2.01. The van der Waals surface area contributed by atoms with Crippen molar-refractivity contribution in [2.75, 3.05) is 0 Å². The monoisotopic (exact) mass is 641 g/mol. The van der Waals surface area contributed by atoms with Gasteiger partial charge in [0.15, 0.2) is 23.1 Å². The lowest BCUT2D eigenvalue weighted by atomic mass is 10.0. The molecular formula is C44H27N5O. The molecule has 0 N–H and O–H groups in total. The first-order valence-corrected chi connectivity index (χ1v) is 16.6. The van der Waals surface area contributed by atoms with Crippen LogP contribution in [0.2, 0.25) is 0 Å². The Labute approximate surface area is 287 Å². The highest BCUT2D eigenvalue weighted by Gasteiger charge is 2.22. The highest BCUT2D eigenvalue weighted by atomic mass is 16.3. The first-order valence-electron chi connectivity index (χ1n) is 16.6. The molecular weight excluding hydrogens is 615 g/mol. The van der Waals surface area contributed by atoms with Gasteiger partial charge < -0.3 is 8.98 Å². The van der Waals surface area contributed by atoms with Crippen LogP contribution in [0.1, 0.15) is 0 Å². The summed E-state index contributed by atoms with van der Waals surface area (Å²) >= 11 is 0. The maximum atomic E-state index is 6.81. The molecule has 0 bridgehead atoms. The largest absolute Gasteiger partial charge is 0.454 e. The molecule has 50 heavy (non-hydrogen) atoms. The first kappa shape index (κ1) is 28.1. The van der Waals surface area contributed by atoms with Crippen LogP contribution in [0.4, 0.5) is 0 Å². The molecule has 6 nitrogen and oxygen atoms in total. The molecule has 0 fully saturated rings. The summed E-state index contributed by atoms with van der Waals surface area (Å²) < 4.78 is 9.11. The van der Waals surface area contributed by atoms with Crippen LogP contribution in [-0.4, -0.2) is 24.5 Å². The zero-order valence-corrected chi connectivity index (χ0v) is 26.7. The van der Waals surface area contributed by atoms with E-state index in [9.17, 15) is 0 Å². The van der Waals surface area contributed by atoms with Crippen LogP contribution in [0.3, 0.4) is 0 Å². The zero-order valence-electron chi connectivity index (χ0n) is 26.7. The minimum absolute atomic E-state index is 0.507. The minimum atomic E-state index is 0.507. The SMILES string of the molecule is c1ccc(-c2cccc(-c3nc(-c4ccccn4)nc(-c4cccc5oc6c(ccc7c8ccccc8n(-c8ccccc8)c76)c45)n3)c2)cc1. The molecule has 0 unspecified atom stereocenters. The van der Waals surface area contributed by atoms with Crippen LogP contribution in [0.25, 0.3) is 94.9 Å². The van der Waals surface area contributed by atoms with Crippen molar-refractivity contribution < 1.29 is 4.42 Å². The molecule has 0 saturated carbocycles. The fourth-order valence-electron chi connectivity index (χ4n) is 7.07.